The van der Waals surface area contributed by atoms with Crippen LogP contribution < -0.4 is 30.5 Å². The first-order chi connectivity index (χ1) is 37.5. The van der Waals surface area contributed by atoms with Crippen molar-refractivity contribution in [2.75, 3.05) is 50.1 Å². The summed E-state index contributed by atoms with van der Waals surface area (Å²) < 4.78 is 38.2. The molecule has 0 aliphatic carbocycles. The first-order valence-electron chi connectivity index (χ1n) is 25.7. The molecule has 5 aliphatic rings. The van der Waals surface area contributed by atoms with E-state index in [1.807, 2.05) is 0 Å². The highest BCUT2D eigenvalue weighted by Crippen LogP contribution is 2.44. The first kappa shape index (κ1) is 56.5. The molecule has 5 aliphatic heterocycles. The number of hydrogen-bond donors (Lipinski definition) is 4. The molecular formula is C56H61F2N10O11+. The average Bonchev–Trinajstić information content (AvgIpc) is 4.30. The van der Waals surface area contributed by atoms with Crippen LogP contribution in [0, 0.1) is 37.3 Å². The lowest BCUT2D eigenvalue weighted by atomic mass is 9.85. The molecule has 0 bridgehead atoms. The van der Waals surface area contributed by atoms with Gasteiger partial charge in [-0.15, -0.1) is 0 Å². The number of carbonyl (C=O) groups is 8. The summed E-state index contributed by atoms with van der Waals surface area (Å²) in [4.78, 5) is 116. The Hall–Kier alpha value is -8.69. The van der Waals surface area contributed by atoms with Crippen LogP contribution in [0.5, 0.6) is 5.75 Å². The number of aliphatic carboxylic acids is 1. The molecule has 414 valence electrons. The molecule has 4 aromatic carbocycles. The lowest BCUT2D eigenvalue weighted by Gasteiger charge is -2.43. The monoisotopic (exact) mass is 1090 g/mol. The quantitative estimate of drug-likeness (QED) is 0.0851. The van der Waals surface area contributed by atoms with E-state index in [1.54, 1.807) is 99.9 Å². The standard InChI is InChI=1S/C28H30FN5O5.C15H15N4O3.C13H16FNO3/c1-16(2)23(31-24(35)19-13-17(3)5-7-20(19)29)25(36)33-11-9-28(10-12-33)26(37)32(4)27(38)34(28)18-6-8-22-21(14-18)30-15-39-22;1-18-13(20)15(4-6-16-7-5-15)19(14(18)21)10-2-3-12-11(8-10)17-9-22-12;1-7(2)11(13(17)18)15-12(16)9-6-8(3)4-5-10(9)14/h5-8,13-16,23H,9-12H2,1-4H3,(H,31,35);2-3,8,16H,4-7H2,1H3;4-7,11H,1-3H3,(H,15,16)(H,17,18)/q;+1;/t23-;;11-/m1.1/s1. The fourth-order valence-electron chi connectivity index (χ4n) is 10.4. The summed E-state index contributed by atoms with van der Waals surface area (Å²) in [5.74, 6) is -4.55. The van der Waals surface area contributed by atoms with E-state index in [1.165, 1.54) is 54.6 Å². The van der Waals surface area contributed by atoms with Crippen molar-refractivity contribution in [2.45, 2.75) is 90.4 Å². The number of likely N-dealkylation sites (tertiary alicyclic amines) is 1. The van der Waals surface area contributed by atoms with Crippen molar-refractivity contribution in [3.8, 4) is 5.75 Å². The van der Waals surface area contributed by atoms with E-state index in [0.29, 0.717) is 59.8 Å². The van der Waals surface area contributed by atoms with E-state index in [9.17, 15) is 47.1 Å². The molecule has 4 N–H and O–H groups in total. The molecule has 10 rings (SSSR count). The molecule has 4 saturated heterocycles. The number of carboxylic acid groups (broad SMARTS) is 1. The zero-order valence-electron chi connectivity index (χ0n) is 44.9. The molecule has 0 unspecified atom stereocenters. The largest absolute Gasteiger partial charge is 0.480 e. The second-order valence-corrected chi connectivity index (χ2v) is 20.8. The maximum absolute atomic E-state index is 14.3. The number of likely N-dealkylation sites (N-methyl/N-ethyl adjacent to an activating group) is 2. The second kappa shape index (κ2) is 22.7. The number of benzene rings is 4. The number of halogens is 2. The van der Waals surface area contributed by atoms with Crippen molar-refractivity contribution in [3.63, 3.8) is 0 Å². The minimum absolute atomic E-state index is 0.121. The van der Waals surface area contributed by atoms with E-state index in [-0.39, 0.29) is 72.6 Å². The number of amides is 9. The summed E-state index contributed by atoms with van der Waals surface area (Å²) in [6.07, 6.45) is 5.39. The number of aryl methyl sites for hydroxylation is 2. The number of oxazole rings is 1. The maximum atomic E-state index is 14.3. The number of fused-ring (bicyclic) bond motifs is 2. The Kier molecular flexibility index (Phi) is 16.3. The van der Waals surface area contributed by atoms with E-state index >= 15 is 0 Å². The second-order valence-electron chi connectivity index (χ2n) is 20.8. The Labute approximate surface area is 453 Å². The molecule has 23 heteroatoms. The van der Waals surface area contributed by atoms with Crippen molar-refractivity contribution in [1.82, 2.24) is 35.6 Å². The number of rotatable bonds is 10. The zero-order chi connectivity index (χ0) is 57.2. The summed E-state index contributed by atoms with van der Waals surface area (Å²) in [6, 6.07) is 16.1. The van der Waals surface area contributed by atoms with Crippen molar-refractivity contribution in [3.05, 3.63) is 113 Å². The van der Waals surface area contributed by atoms with Crippen LogP contribution >= 0.6 is 0 Å². The highest BCUT2D eigenvalue weighted by atomic mass is 19.1. The zero-order valence-corrected chi connectivity index (χ0v) is 44.9. The topological polar surface area (TPSA) is 257 Å². The predicted octanol–water partition coefficient (Wildman–Crippen LogP) is 6.60. The number of anilines is 2. The Balaban J connectivity index is 0.000000173. The van der Waals surface area contributed by atoms with Gasteiger partial charge in [-0.1, -0.05) is 51.0 Å². The molecule has 2 spiro atoms. The Bertz CT molecular complexity index is 3280. The van der Waals surface area contributed by atoms with E-state index in [4.69, 9.17) is 14.3 Å². The number of urea groups is 2. The minimum Gasteiger partial charge on any atom is -0.480 e. The van der Waals surface area contributed by atoms with Crippen LogP contribution in [0.2, 0.25) is 0 Å². The molecule has 6 heterocycles. The van der Waals surface area contributed by atoms with Crippen molar-refractivity contribution < 1.29 is 61.4 Å². The number of aromatic nitrogens is 1. The first-order valence-corrected chi connectivity index (χ1v) is 25.7. The molecule has 0 saturated carbocycles. The molecule has 9 amide bonds. The predicted molar refractivity (Wildman–Crippen MR) is 285 cm³/mol. The SMILES string of the molecule is CN1C(=O)N(c2ccc3c(c2)N=[C+]O3)C2(CCNCC2)C1=O.Cc1ccc(F)c(C(=O)N[C@@H](C(=O)N2CCC3(CC2)C(=O)N(C)C(=O)N3c2ccc3ocnc3c2)C(C)C)c1.Cc1ccc(F)c(C(=O)N[C@@H](C(=O)O)C(C)C)c1. The van der Waals surface area contributed by atoms with Crippen LogP contribution in [-0.2, 0) is 19.2 Å². The van der Waals surface area contributed by atoms with Crippen molar-refractivity contribution in [2.24, 2.45) is 16.8 Å². The third kappa shape index (κ3) is 11.0. The van der Waals surface area contributed by atoms with Gasteiger partial charge < -0.3 is 30.4 Å². The summed E-state index contributed by atoms with van der Waals surface area (Å²) in [6.45, 7) is 12.3. The van der Waals surface area contributed by atoms with Crippen LogP contribution in [0.15, 0.2) is 88.6 Å². The van der Waals surface area contributed by atoms with Gasteiger partial charge in [-0.2, -0.15) is 0 Å². The number of hydrogen-bond acceptors (Lipinski definition) is 13. The Morgan fingerprint density at radius 3 is 1.73 bits per heavy atom. The van der Waals surface area contributed by atoms with E-state index in [0.717, 1.165) is 16.0 Å². The smallest absolute Gasteiger partial charge is 0.370 e. The summed E-state index contributed by atoms with van der Waals surface area (Å²) >= 11 is 0. The fraction of sp³-hybridized carbons (Fsp3) is 0.393. The van der Waals surface area contributed by atoms with Gasteiger partial charge in [0.1, 0.15) is 40.3 Å². The van der Waals surface area contributed by atoms with Gasteiger partial charge >= 0.3 is 30.2 Å². The van der Waals surface area contributed by atoms with Gasteiger partial charge in [0.05, 0.1) is 28.9 Å². The molecule has 79 heavy (non-hydrogen) atoms. The normalized spacial score (nSPS) is 17.8. The van der Waals surface area contributed by atoms with Gasteiger partial charge in [-0.05, 0) is 118 Å². The number of aliphatic imine (C=N–C) groups is 1. The third-order valence-corrected chi connectivity index (χ3v) is 14.8. The maximum Gasteiger partial charge on any atom is 0.370 e. The number of ether oxygens (including phenoxy) is 1. The summed E-state index contributed by atoms with van der Waals surface area (Å²) in [7, 11) is 2.99. The van der Waals surface area contributed by atoms with Crippen LogP contribution in [-0.4, -0.2) is 142 Å². The number of carbonyl (C=O) groups excluding carboxylic acids is 7. The van der Waals surface area contributed by atoms with Gasteiger partial charge in [0, 0.05) is 32.9 Å². The average molecular weight is 1090 g/mol. The van der Waals surface area contributed by atoms with Crippen LogP contribution in [0.4, 0.5) is 35.4 Å². The van der Waals surface area contributed by atoms with Gasteiger partial charge in [0.25, 0.3) is 29.3 Å². The lowest BCUT2D eigenvalue weighted by Crippen LogP contribution is -2.60. The van der Waals surface area contributed by atoms with Crippen LogP contribution in [0.1, 0.15) is 85.2 Å². The fourth-order valence-corrected chi connectivity index (χ4v) is 10.4. The number of nitrogens with zero attached hydrogens (tertiary/aromatic N) is 7. The molecule has 4 fully saturated rings. The number of nitrogens with one attached hydrogen (secondary N) is 3. The van der Waals surface area contributed by atoms with Crippen LogP contribution in [0.3, 0.4) is 0 Å². The molecule has 1 aromatic heterocycles. The molecule has 0 radical (unpaired) electrons. The molecule has 21 nitrogen and oxygen atoms in total. The number of carboxylic acids is 1. The van der Waals surface area contributed by atoms with Crippen LogP contribution in [0.25, 0.3) is 11.1 Å². The number of imide groups is 2. The highest BCUT2D eigenvalue weighted by molar-refractivity contribution is 6.18. The minimum atomic E-state index is -1.15. The molecule has 5 aromatic rings. The van der Waals surface area contributed by atoms with E-state index < -0.39 is 58.6 Å². The molecular weight excluding hydrogens is 1030 g/mol. The van der Waals surface area contributed by atoms with Gasteiger partial charge in [0.15, 0.2) is 12.0 Å². The Morgan fingerprint density at radius 2 is 1.20 bits per heavy atom. The summed E-state index contributed by atoms with van der Waals surface area (Å²) in [5.41, 5.74) is 2.19. The van der Waals surface area contributed by atoms with Gasteiger partial charge in [0.2, 0.25) is 5.91 Å². The van der Waals surface area contributed by atoms with Crippen molar-refractivity contribution in [1.29, 1.82) is 0 Å². The van der Waals surface area contributed by atoms with Gasteiger partial charge in [-0.3, -0.25) is 48.3 Å². The van der Waals surface area contributed by atoms with Gasteiger partial charge in [-0.25, -0.2) is 28.1 Å². The summed E-state index contributed by atoms with van der Waals surface area (Å²) in [5, 5.41) is 17.2. The Morgan fingerprint density at radius 1 is 0.696 bits per heavy atom. The van der Waals surface area contributed by atoms with E-state index in [2.05, 4.69) is 32.3 Å². The number of piperidine rings is 2. The highest BCUT2D eigenvalue weighted by Gasteiger charge is 2.59. The van der Waals surface area contributed by atoms with Crippen molar-refractivity contribution >= 4 is 82.1 Å². The molecule has 2 atom stereocenters. The third-order valence-electron chi connectivity index (χ3n) is 14.8. The lowest BCUT2D eigenvalue weighted by molar-refractivity contribution is -0.140.